The van der Waals surface area contributed by atoms with Gasteiger partial charge in [0.2, 0.25) is 5.91 Å². The second-order valence-electron chi connectivity index (χ2n) is 14.4. The van der Waals surface area contributed by atoms with Gasteiger partial charge in [-0.05, 0) is 55.3 Å². The number of aliphatic hydroxyl groups is 1. The molecule has 3 aromatic carbocycles. The summed E-state index contributed by atoms with van der Waals surface area (Å²) in [5.41, 5.74) is 1.95. The number of aromatic nitrogens is 3. The molecule has 2 N–H and O–H groups in total. The number of nitro benzene ring substituents is 1. The minimum atomic E-state index is -3.00. The van der Waals surface area contributed by atoms with E-state index in [1.54, 1.807) is 26.7 Å². The first kappa shape index (κ1) is 34.7. The molecular formula is C37H42N6O7Si. The molecule has 1 spiro atoms. The van der Waals surface area contributed by atoms with Gasteiger partial charge in [0.15, 0.2) is 13.9 Å². The lowest BCUT2D eigenvalue weighted by Gasteiger charge is -2.32. The molecule has 14 heteroatoms. The monoisotopic (exact) mass is 710 g/mol. The molecule has 266 valence electrons. The Labute approximate surface area is 296 Å². The number of anilines is 2. The number of rotatable bonds is 11. The van der Waals surface area contributed by atoms with Gasteiger partial charge in [0.25, 0.3) is 11.6 Å². The van der Waals surface area contributed by atoms with Crippen LogP contribution in [0.5, 0.6) is 0 Å². The second kappa shape index (κ2) is 13.4. The van der Waals surface area contributed by atoms with E-state index in [1.165, 1.54) is 12.1 Å². The Morgan fingerprint density at radius 1 is 1.10 bits per heavy atom. The van der Waals surface area contributed by atoms with Crippen molar-refractivity contribution in [3.8, 4) is 0 Å². The number of carbonyl (C=O) groups is 2. The van der Waals surface area contributed by atoms with Gasteiger partial charge in [-0.25, -0.2) is 0 Å². The van der Waals surface area contributed by atoms with E-state index in [0.717, 1.165) is 23.2 Å². The van der Waals surface area contributed by atoms with Gasteiger partial charge < -0.3 is 24.4 Å². The third kappa shape index (κ3) is 6.15. The van der Waals surface area contributed by atoms with Crippen molar-refractivity contribution >= 4 is 37.2 Å². The molecule has 2 amide bonds. The Morgan fingerprint density at radius 2 is 1.88 bits per heavy atom. The molecule has 7 rings (SSSR count). The van der Waals surface area contributed by atoms with Crippen LogP contribution in [0.25, 0.3) is 0 Å². The molecule has 3 aliphatic rings. The highest BCUT2D eigenvalue weighted by Gasteiger charge is 2.66. The van der Waals surface area contributed by atoms with E-state index in [9.17, 15) is 29.6 Å². The van der Waals surface area contributed by atoms with Gasteiger partial charge >= 0.3 is 0 Å². The largest absolute Gasteiger partial charge is 0.432 e. The summed E-state index contributed by atoms with van der Waals surface area (Å²) in [6, 6.07) is 21.6. The number of aryl methyl sites for hydroxylation is 1. The molecule has 13 nitrogen and oxygen atoms in total. The van der Waals surface area contributed by atoms with Crippen LogP contribution in [0.1, 0.15) is 54.5 Å². The number of amides is 2. The lowest BCUT2D eigenvalue weighted by molar-refractivity contribution is -0.385. The molecule has 4 heterocycles. The predicted molar refractivity (Wildman–Crippen MR) is 191 cm³/mol. The summed E-state index contributed by atoms with van der Waals surface area (Å²) in [7, 11) is -3.00. The van der Waals surface area contributed by atoms with Crippen LogP contribution in [-0.4, -0.2) is 69.2 Å². The van der Waals surface area contributed by atoms with Crippen molar-refractivity contribution in [2.24, 2.45) is 5.92 Å². The highest BCUT2D eigenvalue weighted by atomic mass is 28.4. The van der Waals surface area contributed by atoms with Crippen molar-refractivity contribution in [3.05, 3.63) is 111 Å². The van der Waals surface area contributed by atoms with Gasteiger partial charge in [-0.15, -0.1) is 5.10 Å². The van der Waals surface area contributed by atoms with Gasteiger partial charge in [-0.1, -0.05) is 54.6 Å². The number of non-ortho nitro benzene ring substituents is 1. The average molecular weight is 711 g/mol. The van der Waals surface area contributed by atoms with Crippen LogP contribution < -0.4 is 9.80 Å². The van der Waals surface area contributed by atoms with E-state index in [1.807, 2.05) is 74.6 Å². The summed E-state index contributed by atoms with van der Waals surface area (Å²) in [6.07, 6.45) is 2.92. The van der Waals surface area contributed by atoms with E-state index < -0.39 is 36.4 Å². The SMILES string of the molecule is C[C@@H]1[C@@H]([Si](C)(C)O)[C@H](CCn2cc(C(CO)c3ccccc3)nn2)O[C@@]12C(=O)N(Cc1cccc(N3CCCC3=O)c1)c1ccc([N+](=O)[O-])cc12. The molecule has 0 aliphatic carbocycles. The molecule has 2 fully saturated rings. The predicted octanol–water partition coefficient (Wildman–Crippen LogP) is 4.87. The first-order valence-corrected chi connectivity index (χ1v) is 20.4. The van der Waals surface area contributed by atoms with E-state index in [4.69, 9.17) is 4.74 Å². The number of hydrogen-bond acceptors (Lipinski definition) is 9. The van der Waals surface area contributed by atoms with Crippen LogP contribution >= 0.6 is 0 Å². The number of nitro groups is 1. The van der Waals surface area contributed by atoms with E-state index in [0.29, 0.717) is 42.9 Å². The molecule has 0 bridgehead atoms. The fraction of sp³-hybridized carbons (Fsp3) is 0.405. The Bertz CT molecular complexity index is 1970. The lowest BCUT2D eigenvalue weighted by atomic mass is 9.82. The number of ether oxygens (including phenoxy) is 1. The third-order valence-corrected chi connectivity index (χ3v) is 13.3. The second-order valence-corrected chi connectivity index (χ2v) is 18.3. The summed E-state index contributed by atoms with van der Waals surface area (Å²) in [6.45, 7) is 6.61. The van der Waals surface area contributed by atoms with Crippen LogP contribution in [0, 0.1) is 16.0 Å². The maximum absolute atomic E-state index is 14.9. The highest BCUT2D eigenvalue weighted by molar-refractivity contribution is 6.71. The molecule has 1 aromatic heterocycles. The van der Waals surface area contributed by atoms with Gasteiger partial charge in [0.1, 0.15) is 0 Å². The Balaban J connectivity index is 1.20. The number of hydrogen-bond donors (Lipinski definition) is 2. The molecular weight excluding hydrogens is 669 g/mol. The average Bonchev–Trinajstić information content (AvgIpc) is 3.87. The quantitative estimate of drug-likeness (QED) is 0.126. The normalized spacial score (nSPS) is 23.7. The van der Waals surface area contributed by atoms with Crippen LogP contribution in [0.2, 0.25) is 18.6 Å². The topological polar surface area (TPSA) is 164 Å². The fourth-order valence-electron chi connectivity index (χ4n) is 8.43. The van der Waals surface area contributed by atoms with Crippen molar-refractivity contribution in [2.45, 2.75) is 75.5 Å². The molecule has 1 unspecified atom stereocenters. The van der Waals surface area contributed by atoms with Crippen LogP contribution in [0.4, 0.5) is 17.1 Å². The number of carbonyl (C=O) groups excluding carboxylic acids is 2. The van der Waals surface area contributed by atoms with Gasteiger partial charge in [0.05, 0.1) is 41.5 Å². The Hall–Kier alpha value is -4.76. The first-order valence-electron chi connectivity index (χ1n) is 17.4. The van der Waals surface area contributed by atoms with Crippen molar-refractivity contribution < 1.29 is 29.2 Å². The van der Waals surface area contributed by atoms with E-state index in [2.05, 4.69) is 10.3 Å². The molecule has 4 aromatic rings. The highest BCUT2D eigenvalue weighted by Crippen LogP contribution is 2.60. The number of benzene rings is 3. The van der Waals surface area contributed by atoms with Crippen LogP contribution in [0.3, 0.4) is 0 Å². The number of nitrogens with zero attached hydrogens (tertiary/aromatic N) is 6. The van der Waals surface area contributed by atoms with E-state index in [-0.39, 0.29) is 36.6 Å². The third-order valence-electron chi connectivity index (χ3n) is 10.8. The van der Waals surface area contributed by atoms with Crippen molar-refractivity contribution in [3.63, 3.8) is 0 Å². The minimum absolute atomic E-state index is 0.0635. The molecule has 51 heavy (non-hydrogen) atoms. The Kier molecular flexibility index (Phi) is 9.12. The molecule has 3 aliphatic heterocycles. The minimum Gasteiger partial charge on any atom is -0.432 e. The summed E-state index contributed by atoms with van der Waals surface area (Å²) in [5.74, 6) is -1.12. The zero-order valence-corrected chi connectivity index (χ0v) is 29.9. The zero-order chi connectivity index (χ0) is 36.1. The molecule has 0 radical (unpaired) electrons. The van der Waals surface area contributed by atoms with Crippen molar-refractivity contribution in [1.82, 2.24) is 15.0 Å². The van der Waals surface area contributed by atoms with Crippen LogP contribution in [0.15, 0.2) is 79.0 Å². The smallest absolute Gasteiger partial charge is 0.269 e. The summed E-state index contributed by atoms with van der Waals surface area (Å²) in [5, 5.41) is 30.8. The number of fused-ring (bicyclic) bond motifs is 2. The lowest BCUT2D eigenvalue weighted by Crippen LogP contribution is -2.46. The Morgan fingerprint density at radius 3 is 2.57 bits per heavy atom. The molecule has 0 saturated carbocycles. The molecule has 2 saturated heterocycles. The number of aliphatic hydroxyl groups excluding tert-OH is 1. The maximum atomic E-state index is 14.9. The summed E-state index contributed by atoms with van der Waals surface area (Å²) >= 11 is 0. The summed E-state index contributed by atoms with van der Waals surface area (Å²) in [4.78, 5) is 53.9. The first-order chi connectivity index (χ1) is 24.4. The fourth-order valence-corrected chi connectivity index (χ4v) is 11.0. The standard InChI is InChI=1S/C37H42N6O7Si/c1-24-35(51(2,3)49)33(16-18-40-22-31(38-39-40)29(23-44)26-10-5-4-6-11-26)50-37(24)30-20-28(43(47)48)14-15-32(30)42(36(37)46)21-25-9-7-12-27(19-25)41-17-8-13-34(41)45/h4-7,9-12,14-15,19-20,22,24,29,33,35,44,49H,8,13,16-18,21,23H2,1-3H3/t24-,29?,33+,35-,37+/m1/s1. The van der Waals surface area contributed by atoms with Gasteiger partial charge in [0, 0.05) is 60.5 Å². The summed E-state index contributed by atoms with van der Waals surface area (Å²) < 4.78 is 8.58. The van der Waals surface area contributed by atoms with Crippen LogP contribution in [-0.2, 0) is 33.0 Å². The molecule has 5 atom stereocenters. The maximum Gasteiger partial charge on any atom is 0.269 e. The van der Waals surface area contributed by atoms with Crippen molar-refractivity contribution in [2.75, 3.05) is 23.0 Å². The zero-order valence-electron chi connectivity index (χ0n) is 28.9. The van der Waals surface area contributed by atoms with Gasteiger partial charge in [-0.2, -0.15) is 0 Å². The van der Waals surface area contributed by atoms with Crippen molar-refractivity contribution in [1.29, 1.82) is 0 Å². The van der Waals surface area contributed by atoms with E-state index >= 15 is 0 Å². The van der Waals surface area contributed by atoms with Gasteiger partial charge in [-0.3, -0.25) is 24.4 Å².